The molecule has 0 aliphatic rings. The zero-order chi connectivity index (χ0) is 29.2. The summed E-state index contributed by atoms with van der Waals surface area (Å²) >= 11 is 12.3. The maximum atomic E-state index is 13.1. The molecule has 0 radical (unpaired) electrons. The van der Waals surface area contributed by atoms with E-state index in [4.69, 9.17) is 23.2 Å². The molecule has 4 aromatic carbocycles. The lowest BCUT2D eigenvalue weighted by atomic mass is 10.1. The molecule has 0 aliphatic carbocycles. The zero-order valence-corrected chi connectivity index (χ0v) is 24.8. The van der Waals surface area contributed by atoms with Crippen molar-refractivity contribution < 1.29 is 21.6 Å². The van der Waals surface area contributed by atoms with E-state index in [0.717, 1.165) is 16.7 Å². The van der Waals surface area contributed by atoms with Crippen LogP contribution < -0.4 is 14.8 Å². The van der Waals surface area contributed by atoms with Crippen molar-refractivity contribution in [3.05, 3.63) is 111 Å². The second kappa shape index (κ2) is 11.5. The molecule has 8 nitrogen and oxygen atoms in total. The molecule has 4 aromatic rings. The number of halogens is 2. The molecule has 0 atom stereocenters. The summed E-state index contributed by atoms with van der Waals surface area (Å²) in [4.78, 5) is 12.6. The molecule has 3 N–H and O–H groups in total. The quantitative estimate of drug-likeness (QED) is 0.201. The molecule has 0 heterocycles. The molecule has 0 unspecified atom stereocenters. The first-order valence-electron chi connectivity index (χ1n) is 11.9. The molecule has 0 saturated heterocycles. The van der Waals surface area contributed by atoms with E-state index in [1.807, 2.05) is 13.0 Å². The number of sulfonamides is 2. The fraction of sp³-hybridized carbons (Fsp3) is 0.107. The maximum Gasteiger partial charge on any atom is 0.263 e. The van der Waals surface area contributed by atoms with E-state index in [2.05, 4.69) is 14.8 Å². The highest BCUT2D eigenvalue weighted by molar-refractivity contribution is 7.93. The van der Waals surface area contributed by atoms with Gasteiger partial charge in [-0.2, -0.15) is 0 Å². The molecule has 208 valence electrons. The lowest BCUT2D eigenvalue weighted by molar-refractivity contribution is 0.102. The van der Waals surface area contributed by atoms with Crippen LogP contribution in [-0.2, 0) is 20.0 Å². The number of hydrogen-bond donors (Lipinski definition) is 3. The highest BCUT2D eigenvalue weighted by Gasteiger charge is 2.22. The number of amides is 1. The van der Waals surface area contributed by atoms with E-state index in [0.29, 0.717) is 22.1 Å². The Bertz CT molecular complexity index is 1830. The van der Waals surface area contributed by atoms with Gasteiger partial charge in [-0.3, -0.25) is 14.2 Å². The second-order valence-corrected chi connectivity index (χ2v) is 13.3. The van der Waals surface area contributed by atoms with Gasteiger partial charge in [0.15, 0.2) is 0 Å². The number of hydrogen-bond acceptors (Lipinski definition) is 5. The molecule has 0 aromatic heterocycles. The first-order valence-corrected chi connectivity index (χ1v) is 15.6. The third-order valence-electron chi connectivity index (χ3n) is 5.97. The summed E-state index contributed by atoms with van der Waals surface area (Å²) in [5.74, 6) is -0.608. The number of rotatable bonds is 8. The van der Waals surface area contributed by atoms with Gasteiger partial charge in [0.05, 0.1) is 21.3 Å². The number of carbonyl (C=O) groups excluding carboxylic acids is 1. The molecular weight excluding hydrogens is 593 g/mol. The van der Waals surface area contributed by atoms with Crippen LogP contribution in [-0.4, -0.2) is 22.7 Å². The van der Waals surface area contributed by atoms with Crippen LogP contribution in [0.15, 0.2) is 88.7 Å². The lowest BCUT2D eigenvalue weighted by Crippen LogP contribution is -2.17. The lowest BCUT2D eigenvalue weighted by Gasteiger charge is -2.14. The van der Waals surface area contributed by atoms with E-state index >= 15 is 0 Å². The van der Waals surface area contributed by atoms with Gasteiger partial charge in [-0.25, -0.2) is 16.8 Å². The Balaban J connectivity index is 1.51. The summed E-state index contributed by atoms with van der Waals surface area (Å²) in [5.41, 5.74) is 3.47. The molecule has 1 amide bonds. The highest BCUT2D eigenvalue weighted by atomic mass is 35.5. The normalized spacial score (nSPS) is 11.6. The minimum Gasteiger partial charge on any atom is -0.322 e. The van der Waals surface area contributed by atoms with Gasteiger partial charge >= 0.3 is 0 Å². The van der Waals surface area contributed by atoms with Gasteiger partial charge in [0.25, 0.3) is 26.0 Å². The predicted octanol–water partition coefficient (Wildman–Crippen LogP) is 6.77. The van der Waals surface area contributed by atoms with Crippen molar-refractivity contribution >= 4 is 66.2 Å². The summed E-state index contributed by atoms with van der Waals surface area (Å²) in [5, 5.41) is 3.01. The van der Waals surface area contributed by atoms with Crippen molar-refractivity contribution in [3.8, 4) is 0 Å². The topological polar surface area (TPSA) is 121 Å². The molecule has 0 saturated carbocycles. The second-order valence-electron chi connectivity index (χ2n) is 9.12. The zero-order valence-electron chi connectivity index (χ0n) is 21.6. The number of carbonyl (C=O) groups is 1. The van der Waals surface area contributed by atoms with Crippen LogP contribution in [0.1, 0.15) is 27.0 Å². The van der Waals surface area contributed by atoms with Crippen LogP contribution in [0, 0.1) is 20.8 Å². The average molecular weight is 619 g/mol. The summed E-state index contributed by atoms with van der Waals surface area (Å²) in [6.45, 7) is 5.42. The summed E-state index contributed by atoms with van der Waals surface area (Å²) in [6.07, 6.45) is 0. The summed E-state index contributed by atoms with van der Waals surface area (Å²) in [6, 6.07) is 19.6. The van der Waals surface area contributed by atoms with E-state index in [1.165, 1.54) is 48.5 Å². The molecule has 0 fully saturated rings. The minimum absolute atomic E-state index is 0.0282. The molecule has 12 heteroatoms. The SMILES string of the molecule is Cc1ccc(C)c(NS(=O)(=O)c2cc(C(=O)Nc3ccc(S(=O)(=O)Nc4ccc(C)c(Cl)c4)cc3)ccc2Cl)c1. The largest absolute Gasteiger partial charge is 0.322 e. The third-order valence-corrected chi connectivity index (χ3v) is 9.62. The Hall–Kier alpha value is -3.57. The molecule has 0 aliphatic heterocycles. The minimum atomic E-state index is -4.11. The fourth-order valence-electron chi connectivity index (χ4n) is 3.69. The van der Waals surface area contributed by atoms with Gasteiger partial charge in [0.1, 0.15) is 4.90 Å². The van der Waals surface area contributed by atoms with Gasteiger partial charge in [-0.15, -0.1) is 0 Å². The van der Waals surface area contributed by atoms with Gasteiger partial charge in [-0.05, 0) is 98.1 Å². The van der Waals surface area contributed by atoms with E-state index in [1.54, 1.807) is 38.1 Å². The van der Waals surface area contributed by atoms with E-state index < -0.39 is 26.0 Å². The Labute approximate surface area is 243 Å². The van der Waals surface area contributed by atoms with Crippen LogP contribution in [0.3, 0.4) is 0 Å². The monoisotopic (exact) mass is 617 g/mol. The average Bonchev–Trinajstić information content (AvgIpc) is 2.88. The van der Waals surface area contributed by atoms with Crippen molar-refractivity contribution in [1.29, 1.82) is 0 Å². The molecule has 0 spiro atoms. The van der Waals surface area contributed by atoms with Crippen LogP contribution in [0.5, 0.6) is 0 Å². The summed E-state index contributed by atoms with van der Waals surface area (Å²) < 4.78 is 56.8. The number of aryl methyl sites for hydroxylation is 3. The van der Waals surface area contributed by atoms with Crippen molar-refractivity contribution in [2.24, 2.45) is 0 Å². The van der Waals surface area contributed by atoms with Crippen molar-refractivity contribution in [2.45, 2.75) is 30.6 Å². The molecular formula is C28H25Cl2N3O5S2. The van der Waals surface area contributed by atoms with Crippen LogP contribution in [0.4, 0.5) is 17.1 Å². The Kier molecular flexibility index (Phi) is 8.46. The number of anilines is 3. The van der Waals surface area contributed by atoms with Gasteiger partial charge in [0, 0.05) is 16.3 Å². The first kappa shape index (κ1) is 29.4. The molecule has 40 heavy (non-hydrogen) atoms. The fourth-order valence-corrected chi connectivity index (χ4v) is 6.57. The Morgan fingerprint density at radius 3 is 1.98 bits per heavy atom. The summed E-state index contributed by atoms with van der Waals surface area (Å²) in [7, 11) is -8.02. The highest BCUT2D eigenvalue weighted by Crippen LogP contribution is 2.28. The first-order chi connectivity index (χ1) is 18.7. The third kappa shape index (κ3) is 6.76. The Morgan fingerprint density at radius 2 is 1.30 bits per heavy atom. The van der Waals surface area contributed by atoms with Crippen molar-refractivity contribution in [2.75, 3.05) is 14.8 Å². The van der Waals surface area contributed by atoms with Crippen LogP contribution >= 0.6 is 23.2 Å². The number of nitrogens with one attached hydrogen (secondary N) is 3. The molecule has 4 rings (SSSR count). The van der Waals surface area contributed by atoms with E-state index in [-0.39, 0.29) is 20.4 Å². The van der Waals surface area contributed by atoms with Gasteiger partial charge in [-0.1, -0.05) is 41.4 Å². The Morgan fingerprint density at radius 1 is 0.650 bits per heavy atom. The predicted molar refractivity (Wildman–Crippen MR) is 160 cm³/mol. The van der Waals surface area contributed by atoms with Crippen LogP contribution in [0.25, 0.3) is 0 Å². The van der Waals surface area contributed by atoms with Gasteiger partial charge < -0.3 is 5.32 Å². The molecule has 0 bridgehead atoms. The maximum absolute atomic E-state index is 13.1. The van der Waals surface area contributed by atoms with E-state index in [9.17, 15) is 21.6 Å². The van der Waals surface area contributed by atoms with Gasteiger partial charge in [0.2, 0.25) is 0 Å². The number of benzene rings is 4. The van der Waals surface area contributed by atoms with Crippen molar-refractivity contribution in [3.63, 3.8) is 0 Å². The standard InChI is InChI=1S/C28H25Cl2N3O5S2/c1-17-4-5-19(3)26(14-17)33-40(37,38)27-15-20(7-13-24(27)29)28(34)31-21-9-11-23(12-10-21)39(35,36)32-22-8-6-18(2)25(30)16-22/h4-16,32-33H,1-3H3,(H,31,34). The van der Waals surface area contributed by atoms with Crippen LogP contribution in [0.2, 0.25) is 10.0 Å². The van der Waals surface area contributed by atoms with Crippen molar-refractivity contribution in [1.82, 2.24) is 0 Å². The smallest absolute Gasteiger partial charge is 0.263 e.